The molecule has 0 spiro atoms. The Morgan fingerprint density at radius 3 is 2.89 bits per heavy atom. The number of carbonyl (C=O) groups excluding carboxylic acids is 1. The van der Waals surface area contributed by atoms with Crippen molar-refractivity contribution in [3.05, 3.63) is 22.7 Å². The fraction of sp³-hybridized carbons (Fsp3) is 0.429. The lowest BCUT2D eigenvalue weighted by atomic mass is 9.88. The quantitative estimate of drug-likeness (QED) is 0.888. The van der Waals surface area contributed by atoms with Gasteiger partial charge in [-0.05, 0) is 25.0 Å². The van der Waals surface area contributed by atoms with Gasteiger partial charge in [0, 0.05) is 5.92 Å². The van der Waals surface area contributed by atoms with Crippen LogP contribution < -0.4 is 5.32 Å². The number of aromatic nitrogens is 1. The van der Waals surface area contributed by atoms with Crippen LogP contribution in [0.25, 0.3) is 10.2 Å². The van der Waals surface area contributed by atoms with Crippen LogP contribution in [0.3, 0.4) is 0 Å². The van der Waals surface area contributed by atoms with Gasteiger partial charge in [-0.25, -0.2) is 4.98 Å². The van der Waals surface area contributed by atoms with E-state index in [2.05, 4.69) is 10.3 Å². The van der Waals surface area contributed by atoms with Gasteiger partial charge in [0.05, 0.1) is 20.9 Å². The second-order valence-corrected chi connectivity index (χ2v) is 6.21. The number of fused-ring (bicyclic) bond motifs is 1. The number of nitrogens with one attached hydrogen (secondary N) is 1. The standard InChI is InChI=1S/C14H15ClN2OS/c15-10-6-7-11(13-12(10)16-8-19-13)17-14(18)9-4-2-1-3-5-9/h6-9H,1-5H2,(H,17,18). The first-order valence-corrected chi connectivity index (χ1v) is 7.84. The number of thiazole rings is 1. The van der Waals surface area contributed by atoms with E-state index in [9.17, 15) is 4.79 Å². The van der Waals surface area contributed by atoms with E-state index in [1.54, 1.807) is 11.6 Å². The zero-order chi connectivity index (χ0) is 13.2. The molecule has 1 heterocycles. The van der Waals surface area contributed by atoms with Crippen molar-refractivity contribution in [3.8, 4) is 0 Å². The summed E-state index contributed by atoms with van der Waals surface area (Å²) in [5, 5.41) is 3.67. The van der Waals surface area contributed by atoms with E-state index in [0.717, 1.165) is 41.6 Å². The van der Waals surface area contributed by atoms with Crippen LogP contribution in [0.1, 0.15) is 32.1 Å². The molecule has 0 bridgehead atoms. The molecule has 2 aromatic rings. The van der Waals surface area contributed by atoms with Crippen LogP contribution in [0.15, 0.2) is 17.6 Å². The maximum absolute atomic E-state index is 12.3. The molecule has 1 N–H and O–H groups in total. The highest BCUT2D eigenvalue weighted by atomic mass is 35.5. The van der Waals surface area contributed by atoms with Crippen LogP contribution >= 0.6 is 22.9 Å². The summed E-state index contributed by atoms with van der Waals surface area (Å²) in [6.07, 6.45) is 5.59. The van der Waals surface area contributed by atoms with E-state index in [0.29, 0.717) is 5.02 Å². The summed E-state index contributed by atoms with van der Waals surface area (Å²) in [6.45, 7) is 0. The average molecular weight is 295 g/mol. The third kappa shape index (κ3) is 2.60. The molecule has 19 heavy (non-hydrogen) atoms. The average Bonchev–Trinajstić information content (AvgIpc) is 2.93. The maximum Gasteiger partial charge on any atom is 0.227 e. The molecule has 1 saturated carbocycles. The summed E-state index contributed by atoms with van der Waals surface area (Å²) in [5.41, 5.74) is 3.36. The van der Waals surface area contributed by atoms with E-state index in [1.807, 2.05) is 6.07 Å². The molecule has 1 fully saturated rings. The summed E-state index contributed by atoms with van der Waals surface area (Å²) in [7, 11) is 0. The molecule has 0 aliphatic heterocycles. The Kier molecular flexibility index (Phi) is 3.71. The Balaban J connectivity index is 1.83. The lowest BCUT2D eigenvalue weighted by Gasteiger charge is -2.20. The number of hydrogen-bond donors (Lipinski definition) is 1. The first-order valence-electron chi connectivity index (χ1n) is 6.58. The number of hydrogen-bond acceptors (Lipinski definition) is 3. The molecule has 3 nitrogen and oxygen atoms in total. The minimum absolute atomic E-state index is 0.136. The summed E-state index contributed by atoms with van der Waals surface area (Å²) in [5.74, 6) is 0.295. The third-order valence-electron chi connectivity index (χ3n) is 3.67. The number of carbonyl (C=O) groups is 1. The second kappa shape index (κ2) is 5.47. The molecule has 3 rings (SSSR count). The zero-order valence-corrected chi connectivity index (χ0v) is 12.1. The largest absolute Gasteiger partial charge is 0.325 e. The molecule has 0 unspecified atom stereocenters. The number of benzene rings is 1. The van der Waals surface area contributed by atoms with Crippen LogP contribution in [-0.2, 0) is 4.79 Å². The normalized spacial score (nSPS) is 16.7. The van der Waals surface area contributed by atoms with Crippen molar-refractivity contribution in [2.45, 2.75) is 32.1 Å². The minimum Gasteiger partial charge on any atom is -0.325 e. The van der Waals surface area contributed by atoms with Crippen LogP contribution in [-0.4, -0.2) is 10.9 Å². The summed E-state index contributed by atoms with van der Waals surface area (Å²) in [6, 6.07) is 3.66. The lowest BCUT2D eigenvalue weighted by Crippen LogP contribution is -2.24. The molecule has 1 aromatic heterocycles. The predicted molar refractivity (Wildman–Crippen MR) is 79.8 cm³/mol. The lowest BCUT2D eigenvalue weighted by molar-refractivity contribution is -0.120. The topological polar surface area (TPSA) is 42.0 Å². The molecule has 1 amide bonds. The van der Waals surface area contributed by atoms with Crippen molar-refractivity contribution >= 4 is 44.7 Å². The molecule has 5 heteroatoms. The van der Waals surface area contributed by atoms with E-state index >= 15 is 0 Å². The number of rotatable bonds is 2. The molecule has 0 atom stereocenters. The highest BCUT2D eigenvalue weighted by molar-refractivity contribution is 7.17. The highest BCUT2D eigenvalue weighted by Gasteiger charge is 2.22. The van der Waals surface area contributed by atoms with Crippen molar-refractivity contribution in [1.82, 2.24) is 4.98 Å². The van der Waals surface area contributed by atoms with Crippen molar-refractivity contribution in [1.29, 1.82) is 0 Å². The van der Waals surface area contributed by atoms with Crippen molar-refractivity contribution < 1.29 is 4.79 Å². The van der Waals surface area contributed by atoms with E-state index in [1.165, 1.54) is 17.8 Å². The Morgan fingerprint density at radius 1 is 1.32 bits per heavy atom. The van der Waals surface area contributed by atoms with Crippen molar-refractivity contribution in [2.24, 2.45) is 5.92 Å². The van der Waals surface area contributed by atoms with Gasteiger partial charge in [0.1, 0.15) is 5.52 Å². The van der Waals surface area contributed by atoms with E-state index in [4.69, 9.17) is 11.6 Å². The van der Waals surface area contributed by atoms with Gasteiger partial charge in [-0.2, -0.15) is 0 Å². The van der Waals surface area contributed by atoms with E-state index in [-0.39, 0.29) is 11.8 Å². The Hall–Kier alpha value is -1.13. The number of halogens is 1. The molecule has 1 aliphatic carbocycles. The zero-order valence-electron chi connectivity index (χ0n) is 10.5. The van der Waals surface area contributed by atoms with Crippen LogP contribution in [0.4, 0.5) is 5.69 Å². The molecule has 0 saturated heterocycles. The fourth-order valence-corrected chi connectivity index (χ4v) is 3.66. The third-order valence-corrected chi connectivity index (χ3v) is 4.83. The Morgan fingerprint density at radius 2 is 2.11 bits per heavy atom. The summed E-state index contributed by atoms with van der Waals surface area (Å²) >= 11 is 7.59. The summed E-state index contributed by atoms with van der Waals surface area (Å²) < 4.78 is 0.955. The predicted octanol–water partition coefficient (Wildman–Crippen LogP) is 4.47. The number of nitrogens with zero attached hydrogens (tertiary/aromatic N) is 1. The van der Waals surface area contributed by atoms with Gasteiger partial charge in [-0.1, -0.05) is 30.9 Å². The second-order valence-electron chi connectivity index (χ2n) is 4.95. The van der Waals surface area contributed by atoms with E-state index < -0.39 is 0 Å². The van der Waals surface area contributed by atoms with Crippen LogP contribution in [0.2, 0.25) is 5.02 Å². The smallest absolute Gasteiger partial charge is 0.227 e. The van der Waals surface area contributed by atoms with Gasteiger partial charge < -0.3 is 5.32 Å². The first kappa shape index (κ1) is 12.9. The fourth-order valence-electron chi connectivity index (χ4n) is 2.62. The van der Waals surface area contributed by atoms with Crippen LogP contribution in [0.5, 0.6) is 0 Å². The van der Waals surface area contributed by atoms with Gasteiger partial charge in [-0.3, -0.25) is 4.79 Å². The first-order chi connectivity index (χ1) is 9.25. The van der Waals surface area contributed by atoms with Gasteiger partial charge in [-0.15, -0.1) is 11.3 Å². The number of anilines is 1. The van der Waals surface area contributed by atoms with Crippen LogP contribution in [0, 0.1) is 5.92 Å². The molecule has 1 aliphatic rings. The molecule has 0 radical (unpaired) electrons. The molecular formula is C14H15ClN2OS. The van der Waals surface area contributed by atoms with Gasteiger partial charge in [0.25, 0.3) is 0 Å². The van der Waals surface area contributed by atoms with Crippen molar-refractivity contribution in [2.75, 3.05) is 5.32 Å². The minimum atomic E-state index is 0.136. The highest BCUT2D eigenvalue weighted by Crippen LogP contribution is 2.33. The van der Waals surface area contributed by atoms with Gasteiger partial charge in [0.15, 0.2) is 0 Å². The molecule has 100 valence electrons. The molecular weight excluding hydrogens is 280 g/mol. The summed E-state index contributed by atoms with van der Waals surface area (Å²) in [4.78, 5) is 16.5. The van der Waals surface area contributed by atoms with Crippen molar-refractivity contribution in [3.63, 3.8) is 0 Å². The van der Waals surface area contributed by atoms with Gasteiger partial charge in [0.2, 0.25) is 5.91 Å². The molecule has 1 aromatic carbocycles. The Bertz CT molecular complexity index is 605. The Labute approximate surface area is 121 Å². The maximum atomic E-state index is 12.3. The van der Waals surface area contributed by atoms with Gasteiger partial charge >= 0.3 is 0 Å². The monoisotopic (exact) mass is 294 g/mol. The SMILES string of the molecule is O=C(Nc1ccc(Cl)c2ncsc12)C1CCCCC1. The number of amides is 1.